The maximum atomic E-state index is 11.2. The van der Waals surface area contributed by atoms with Crippen LogP contribution in [0.25, 0.3) is 0 Å². The number of carbonyl (C=O) groups excluding carboxylic acids is 1. The van der Waals surface area contributed by atoms with E-state index in [1.165, 1.54) is 18.4 Å². The van der Waals surface area contributed by atoms with Gasteiger partial charge < -0.3 is 10.1 Å². The molecule has 0 aliphatic carbocycles. The second-order valence-corrected chi connectivity index (χ2v) is 5.61. The number of rotatable bonds is 4. The number of nitrogens with zero attached hydrogens (tertiary/aromatic N) is 1. The first-order valence-electron chi connectivity index (χ1n) is 5.63. The van der Waals surface area contributed by atoms with Gasteiger partial charge in [-0.2, -0.15) is 0 Å². The van der Waals surface area contributed by atoms with Crippen LogP contribution in [0.4, 0.5) is 10.8 Å². The molecule has 0 atom stereocenters. The van der Waals surface area contributed by atoms with E-state index < -0.39 is 0 Å². The van der Waals surface area contributed by atoms with E-state index in [0.29, 0.717) is 5.69 Å². The van der Waals surface area contributed by atoms with Crippen LogP contribution in [-0.2, 0) is 16.0 Å². The summed E-state index contributed by atoms with van der Waals surface area (Å²) in [7, 11) is 1.37. The Morgan fingerprint density at radius 3 is 3.05 bits per heavy atom. The van der Waals surface area contributed by atoms with Crippen LogP contribution in [0.1, 0.15) is 11.3 Å². The highest BCUT2D eigenvalue weighted by Crippen LogP contribution is 2.29. The second kappa shape index (κ2) is 6.16. The van der Waals surface area contributed by atoms with Gasteiger partial charge in [-0.3, -0.25) is 4.79 Å². The van der Waals surface area contributed by atoms with Crippen molar-refractivity contribution in [1.82, 2.24) is 4.98 Å². The second-order valence-electron chi connectivity index (χ2n) is 3.96. The van der Waals surface area contributed by atoms with Crippen LogP contribution >= 0.6 is 27.3 Å². The van der Waals surface area contributed by atoms with Crippen LogP contribution in [0.2, 0.25) is 0 Å². The largest absolute Gasteiger partial charge is 0.469 e. The molecule has 100 valence electrons. The van der Waals surface area contributed by atoms with Crippen LogP contribution in [0.3, 0.4) is 0 Å². The summed E-state index contributed by atoms with van der Waals surface area (Å²) in [5.74, 6) is -0.284. The van der Waals surface area contributed by atoms with Crippen molar-refractivity contribution in [3.63, 3.8) is 0 Å². The predicted molar refractivity (Wildman–Crippen MR) is 80.0 cm³/mol. The van der Waals surface area contributed by atoms with Gasteiger partial charge in [0.05, 0.1) is 24.9 Å². The van der Waals surface area contributed by atoms with Crippen LogP contribution in [0.15, 0.2) is 28.1 Å². The van der Waals surface area contributed by atoms with Gasteiger partial charge in [0.2, 0.25) is 0 Å². The summed E-state index contributed by atoms with van der Waals surface area (Å²) in [5.41, 5.74) is 2.82. The van der Waals surface area contributed by atoms with Gasteiger partial charge in [-0.05, 0) is 34.5 Å². The number of hydrogen-bond donors (Lipinski definition) is 1. The zero-order valence-electron chi connectivity index (χ0n) is 10.6. The van der Waals surface area contributed by atoms with Crippen molar-refractivity contribution in [1.29, 1.82) is 0 Å². The zero-order valence-corrected chi connectivity index (χ0v) is 13.0. The van der Waals surface area contributed by atoms with E-state index in [-0.39, 0.29) is 12.4 Å². The monoisotopic (exact) mass is 340 g/mol. The molecule has 0 radical (unpaired) electrons. The molecule has 0 saturated heterocycles. The Balaban J connectivity index is 2.11. The number of aromatic nitrogens is 1. The number of aryl methyl sites for hydroxylation is 1. The fraction of sp³-hybridized carbons (Fsp3) is 0.231. The number of nitrogens with one attached hydrogen (secondary N) is 1. The number of esters is 1. The molecule has 0 spiro atoms. The SMILES string of the molecule is COC(=O)Cc1csc(Nc2cccc(C)c2Br)n1. The average Bonchev–Trinajstić information content (AvgIpc) is 2.82. The summed E-state index contributed by atoms with van der Waals surface area (Å²) in [6, 6.07) is 5.98. The van der Waals surface area contributed by atoms with Crippen molar-refractivity contribution in [3.05, 3.63) is 39.3 Å². The molecule has 0 bridgehead atoms. The lowest BCUT2D eigenvalue weighted by atomic mass is 10.2. The van der Waals surface area contributed by atoms with Crippen LogP contribution in [0, 0.1) is 6.92 Å². The lowest BCUT2D eigenvalue weighted by Crippen LogP contribution is -2.04. The van der Waals surface area contributed by atoms with Gasteiger partial charge in [0, 0.05) is 9.85 Å². The lowest BCUT2D eigenvalue weighted by Gasteiger charge is -2.07. The normalized spacial score (nSPS) is 10.3. The van der Waals surface area contributed by atoms with Gasteiger partial charge in [0.25, 0.3) is 0 Å². The molecule has 1 aromatic carbocycles. The van der Waals surface area contributed by atoms with E-state index in [1.807, 2.05) is 30.5 Å². The van der Waals surface area contributed by atoms with Gasteiger partial charge >= 0.3 is 5.97 Å². The fourth-order valence-electron chi connectivity index (χ4n) is 1.52. The lowest BCUT2D eigenvalue weighted by molar-refractivity contribution is -0.139. The highest BCUT2D eigenvalue weighted by molar-refractivity contribution is 9.10. The molecule has 0 fully saturated rings. The van der Waals surface area contributed by atoms with Gasteiger partial charge in [0.1, 0.15) is 0 Å². The molecule has 6 heteroatoms. The minimum absolute atomic E-state index is 0.198. The first-order chi connectivity index (χ1) is 9.10. The highest BCUT2D eigenvalue weighted by Gasteiger charge is 2.09. The minimum atomic E-state index is -0.284. The standard InChI is InChI=1S/C13H13BrN2O2S/c1-8-4-3-5-10(12(8)14)16-13-15-9(7-19-13)6-11(17)18-2/h3-5,7H,6H2,1-2H3,(H,15,16). The molecular weight excluding hydrogens is 328 g/mol. The Hall–Kier alpha value is -1.40. The number of ether oxygens (including phenoxy) is 1. The third-order valence-electron chi connectivity index (χ3n) is 2.54. The molecule has 1 N–H and O–H groups in total. The molecule has 4 nitrogen and oxygen atoms in total. The molecule has 2 aromatic rings. The number of anilines is 2. The van der Waals surface area contributed by atoms with Gasteiger partial charge in [0.15, 0.2) is 5.13 Å². The van der Waals surface area contributed by atoms with Crippen molar-refractivity contribution in [3.8, 4) is 0 Å². The summed E-state index contributed by atoms with van der Waals surface area (Å²) in [4.78, 5) is 15.5. The molecule has 0 saturated carbocycles. The van der Waals surface area contributed by atoms with Crippen LogP contribution in [-0.4, -0.2) is 18.1 Å². The predicted octanol–water partition coefficient (Wildman–Crippen LogP) is 3.67. The van der Waals surface area contributed by atoms with E-state index in [2.05, 4.69) is 31.0 Å². The number of methoxy groups -OCH3 is 1. The Kier molecular flexibility index (Phi) is 4.55. The molecule has 0 unspecified atom stereocenters. The molecule has 0 amide bonds. The van der Waals surface area contributed by atoms with Crippen LogP contribution < -0.4 is 5.32 Å². The Morgan fingerprint density at radius 1 is 1.53 bits per heavy atom. The summed E-state index contributed by atoms with van der Waals surface area (Å²) in [6.07, 6.45) is 0.198. The molecule has 2 rings (SSSR count). The van der Waals surface area contributed by atoms with E-state index in [0.717, 1.165) is 20.9 Å². The van der Waals surface area contributed by atoms with Crippen molar-refractivity contribution < 1.29 is 9.53 Å². The van der Waals surface area contributed by atoms with E-state index in [9.17, 15) is 4.79 Å². The smallest absolute Gasteiger partial charge is 0.311 e. The molecule has 0 aliphatic heterocycles. The summed E-state index contributed by atoms with van der Waals surface area (Å²) < 4.78 is 5.63. The molecule has 19 heavy (non-hydrogen) atoms. The third-order valence-corrected chi connectivity index (χ3v) is 4.40. The number of benzene rings is 1. The van der Waals surface area contributed by atoms with Gasteiger partial charge in [-0.25, -0.2) is 4.98 Å². The summed E-state index contributed by atoms with van der Waals surface area (Å²) in [6.45, 7) is 2.03. The summed E-state index contributed by atoms with van der Waals surface area (Å²) >= 11 is 5.00. The number of halogens is 1. The van der Waals surface area contributed by atoms with Gasteiger partial charge in [-0.1, -0.05) is 12.1 Å². The molecular formula is C13H13BrN2O2S. The molecule has 1 aromatic heterocycles. The zero-order chi connectivity index (χ0) is 13.8. The Morgan fingerprint density at radius 2 is 2.32 bits per heavy atom. The Labute approximate surface area is 124 Å². The van der Waals surface area contributed by atoms with Crippen LogP contribution in [0.5, 0.6) is 0 Å². The van der Waals surface area contributed by atoms with Crippen molar-refractivity contribution in [2.45, 2.75) is 13.3 Å². The van der Waals surface area contributed by atoms with Crippen molar-refractivity contribution in [2.75, 3.05) is 12.4 Å². The van der Waals surface area contributed by atoms with E-state index >= 15 is 0 Å². The molecule has 1 heterocycles. The first-order valence-corrected chi connectivity index (χ1v) is 7.30. The van der Waals surface area contributed by atoms with Crippen molar-refractivity contribution >= 4 is 44.1 Å². The molecule has 0 aliphatic rings. The number of carbonyl (C=O) groups is 1. The summed E-state index contributed by atoms with van der Waals surface area (Å²) in [5, 5.41) is 5.84. The van der Waals surface area contributed by atoms with E-state index in [1.54, 1.807) is 0 Å². The number of hydrogen-bond acceptors (Lipinski definition) is 5. The van der Waals surface area contributed by atoms with Crippen molar-refractivity contribution in [2.24, 2.45) is 0 Å². The topological polar surface area (TPSA) is 51.2 Å². The van der Waals surface area contributed by atoms with E-state index in [4.69, 9.17) is 0 Å². The highest BCUT2D eigenvalue weighted by atomic mass is 79.9. The Bertz CT molecular complexity index is 598. The quantitative estimate of drug-likeness (QED) is 0.862. The first kappa shape index (κ1) is 14.0. The maximum Gasteiger partial charge on any atom is 0.311 e. The third kappa shape index (κ3) is 3.54. The fourth-order valence-corrected chi connectivity index (χ4v) is 2.61. The van der Waals surface area contributed by atoms with Gasteiger partial charge in [-0.15, -0.1) is 11.3 Å². The average molecular weight is 341 g/mol. The minimum Gasteiger partial charge on any atom is -0.469 e. The number of thiazole rings is 1. The maximum absolute atomic E-state index is 11.2.